The van der Waals surface area contributed by atoms with Crippen molar-refractivity contribution in [3.8, 4) is 0 Å². The van der Waals surface area contributed by atoms with Crippen molar-refractivity contribution in [1.82, 2.24) is 29.1 Å². The quantitative estimate of drug-likeness (QED) is 0.271. The van der Waals surface area contributed by atoms with Crippen LogP contribution in [0.3, 0.4) is 0 Å². The molecule has 1 saturated heterocycles. The summed E-state index contributed by atoms with van der Waals surface area (Å²) in [5.74, 6) is 0.414. The number of aryl methyl sites for hydroxylation is 1. The van der Waals surface area contributed by atoms with Crippen LogP contribution in [0.2, 0.25) is 5.02 Å². The van der Waals surface area contributed by atoms with E-state index in [1.54, 1.807) is 33.7 Å². The van der Waals surface area contributed by atoms with E-state index >= 15 is 0 Å². The van der Waals surface area contributed by atoms with Crippen LogP contribution in [0, 0.1) is 6.92 Å². The van der Waals surface area contributed by atoms with Gasteiger partial charge >= 0.3 is 6.09 Å². The Morgan fingerprint density at radius 2 is 1.90 bits per heavy atom. The van der Waals surface area contributed by atoms with E-state index in [9.17, 15) is 9.59 Å². The maximum Gasteiger partial charge on any atom is 0.410 e. The van der Waals surface area contributed by atoms with E-state index in [-0.39, 0.29) is 22.7 Å². The number of hydrogen-bond acceptors (Lipinski definition) is 9. The summed E-state index contributed by atoms with van der Waals surface area (Å²) in [7, 11) is 0. The number of pyridine rings is 1. The molecule has 12 heteroatoms. The minimum Gasteiger partial charge on any atom is -0.444 e. The van der Waals surface area contributed by atoms with Crippen molar-refractivity contribution in [1.29, 1.82) is 0 Å². The number of nitrogens with one attached hydrogen (secondary N) is 2. The van der Waals surface area contributed by atoms with Crippen LogP contribution in [0.1, 0.15) is 46.2 Å². The Labute approximate surface area is 244 Å². The maximum absolute atomic E-state index is 12.6. The number of anilines is 2. The minimum atomic E-state index is -0.471. The Bertz CT molecular complexity index is 1420. The molecule has 0 unspecified atom stereocenters. The van der Waals surface area contributed by atoms with Crippen molar-refractivity contribution in [2.75, 3.05) is 44.6 Å². The number of amides is 1. The van der Waals surface area contributed by atoms with E-state index in [4.69, 9.17) is 16.3 Å². The van der Waals surface area contributed by atoms with Gasteiger partial charge in [0.1, 0.15) is 16.3 Å². The summed E-state index contributed by atoms with van der Waals surface area (Å²) in [6.45, 7) is 16.3. The van der Waals surface area contributed by atoms with Gasteiger partial charge in [-0.2, -0.15) is 4.98 Å². The molecule has 0 atom stereocenters. The van der Waals surface area contributed by atoms with Gasteiger partial charge < -0.3 is 15.0 Å². The average Bonchev–Trinajstić information content (AvgIpc) is 2.88. The van der Waals surface area contributed by atoms with Gasteiger partial charge in [0.25, 0.3) is 5.56 Å². The molecule has 4 rings (SSSR count). The molecule has 3 aromatic rings. The highest BCUT2D eigenvalue weighted by Crippen LogP contribution is 2.25. The predicted molar refractivity (Wildman–Crippen MR) is 162 cm³/mol. The Morgan fingerprint density at radius 3 is 2.55 bits per heavy atom. The lowest BCUT2D eigenvalue weighted by Gasteiger charge is -2.35. The van der Waals surface area contributed by atoms with Gasteiger partial charge in [-0.05, 0) is 83.3 Å². The summed E-state index contributed by atoms with van der Waals surface area (Å²) in [5.41, 5.74) is 1.75. The fourth-order valence-electron chi connectivity index (χ4n) is 4.40. The lowest BCUT2D eigenvalue weighted by Crippen LogP contribution is -2.50. The van der Waals surface area contributed by atoms with Gasteiger partial charge in [-0.3, -0.25) is 19.0 Å². The summed E-state index contributed by atoms with van der Waals surface area (Å²) in [6, 6.07) is 7.65. The Kier molecular flexibility index (Phi) is 9.60. The summed E-state index contributed by atoms with van der Waals surface area (Å²) >= 11 is 7.72. The number of rotatable bonds is 8. The van der Waals surface area contributed by atoms with Gasteiger partial charge in [0, 0.05) is 67.5 Å². The molecule has 0 bridgehead atoms. The number of aromatic nitrogens is 3. The summed E-state index contributed by atoms with van der Waals surface area (Å²) in [4.78, 5) is 39.1. The van der Waals surface area contributed by atoms with E-state index in [0.717, 1.165) is 42.3 Å². The van der Waals surface area contributed by atoms with Gasteiger partial charge in [-0.25, -0.2) is 9.78 Å². The second-order valence-corrected chi connectivity index (χ2v) is 12.5. The number of hydrogen-bond donors (Lipinski definition) is 2. The Balaban J connectivity index is 1.28. The van der Waals surface area contributed by atoms with E-state index in [1.807, 2.05) is 53.7 Å². The fourth-order valence-corrected chi connectivity index (χ4v) is 5.35. The first kappa shape index (κ1) is 30.1. The second-order valence-electron chi connectivity index (χ2n) is 11.1. The number of nitrogens with zero attached hydrogens (tertiary/aromatic N) is 5. The third kappa shape index (κ3) is 7.66. The normalized spacial score (nSPS) is 14.7. The number of fused-ring (bicyclic) bond motifs is 1. The molecule has 216 valence electrons. The van der Waals surface area contributed by atoms with Crippen molar-refractivity contribution in [3.63, 3.8) is 0 Å². The number of carbonyl (C=O) groups excluding carboxylic acids is 1. The molecule has 0 saturated carbocycles. The molecule has 1 aromatic carbocycles. The largest absolute Gasteiger partial charge is 0.444 e. The number of halogens is 1. The fraction of sp³-hybridized carbons (Fsp3) is 0.500. The highest BCUT2D eigenvalue weighted by molar-refractivity contribution is 7.97. The summed E-state index contributed by atoms with van der Waals surface area (Å²) in [5, 5.41) is 4.15. The number of ether oxygens (including phenoxy) is 1. The van der Waals surface area contributed by atoms with Crippen LogP contribution in [0.15, 0.2) is 40.2 Å². The van der Waals surface area contributed by atoms with Crippen molar-refractivity contribution < 1.29 is 9.53 Å². The molecule has 0 aliphatic carbocycles. The van der Waals surface area contributed by atoms with Gasteiger partial charge in [-0.1, -0.05) is 11.6 Å². The van der Waals surface area contributed by atoms with Crippen LogP contribution < -0.4 is 15.6 Å². The number of benzene rings is 1. The zero-order valence-electron chi connectivity index (χ0n) is 24.0. The zero-order chi connectivity index (χ0) is 29.0. The molecule has 1 aliphatic heterocycles. The van der Waals surface area contributed by atoms with Crippen LogP contribution in [-0.4, -0.2) is 75.3 Å². The van der Waals surface area contributed by atoms with Gasteiger partial charge in [0.15, 0.2) is 0 Å². The zero-order valence-corrected chi connectivity index (χ0v) is 25.5. The van der Waals surface area contributed by atoms with Crippen LogP contribution in [0.4, 0.5) is 16.4 Å². The number of carbonyl (C=O) groups is 1. The molecule has 10 nitrogen and oxygen atoms in total. The first-order valence-corrected chi connectivity index (χ1v) is 14.7. The monoisotopic (exact) mass is 587 g/mol. The Hall–Kier alpha value is -2.86. The lowest BCUT2D eigenvalue weighted by molar-refractivity contribution is 0.0147. The molecule has 1 fully saturated rings. The standard InChI is InChI=1S/C28H38ClN7O3S/c1-18(2)36-24-20(16-22(29)25(36)37)17-30-26(33-24)32-23-8-7-21(15-19(23)3)40-31-9-10-34-11-13-35(14-12-34)27(38)39-28(4,5)6/h7-8,15-18,31H,9-14H2,1-6H3,(H,30,32,33). The summed E-state index contributed by atoms with van der Waals surface area (Å²) in [6.07, 6.45) is 1.44. The van der Waals surface area contributed by atoms with Crippen LogP contribution in [-0.2, 0) is 4.74 Å². The first-order valence-electron chi connectivity index (χ1n) is 13.5. The number of piperazine rings is 1. The van der Waals surface area contributed by atoms with Gasteiger partial charge in [-0.15, -0.1) is 0 Å². The molecule has 2 N–H and O–H groups in total. The van der Waals surface area contributed by atoms with E-state index in [2.05, 4.69) is 31.0 Å². The van der Waals surface area contributed by atoms with E-state index in [0.29, 0.717) is 30.1 Å². The smallest absolute Gasteiger partial charge is 0.410 e. The van der Waals surface area contributed by atoms with Crippen molar-refractivity contribution in [3.05, 3.63) is 51.4 Å². The molecule has 0 spiro atoms. The maximum atomic E-state index is 12.6. The topological polar surface area (TPSA) is 105 Å². The Morgan fingerprint density at radius 1 is 1.18 bits per heavy atom. The van der Waals surface area contributed by atoms with Crippen molar-refractivity contribution in [2.24, 2.45) is 0 Å². The molecule has 40 heavy (non-hydrogen) atoms. The molecular weight excluding hydrogens is 550 g/mol. The highest BCUT2D eigenvalue weighted by Gasteiger charge is 2.25. The van der Waals surface area contributed by atoms with Crippen molar-refractivity contribution in [2.45, 2.75) is 58.1 Å². The SMILES string of the molecule is Cc1cc(SNCCN2CCN(C(=O)OC(C)(C)C)CC2)ccc1Nc1ncc2cc(Cl)c(=O)n(C(C)C)c2n1. The molecule has 0 radical (unpaired) electrons. The summed E-state index contributed by atoms with van der Waals surface area (Å²) < 4.78 is 10.5. The molecular formula is C28H38ClN7O3S. The lowest BCUT2D eigenvalue weighted by atomic mass is 10.2. The molecule has 2 aromatic heterocycles. The van der Waals surface area contributed by atoms with E-state index < -0.39 is 5.60 Å². The van der Waals surface area contributed by atoms with Crippen LogP contribution in [0.25, 0.3) is 11.0 Å². The van der Waals surface area contributed by atoms with Crippen LogP contribution >= 0.6 is 23.5 Å². The first-order chi connectivity index (χ1) is 18.9. The van der Waals surface area contributed by atoms with Gasteiger partial charge in [0.2, 0.25) is 5.95 Å². The van der Waals surface area contributed by atoms with Crippen molar-refractivity contribution >= 4 is 52.3 Å². The molecule has 3 heterocycles. The third-order valence-corrected chi connectivity index (χ3v) is 7.54. The molecule has 1 amide bonds. The highest BCUT2D eigenvalue weighted by atomic mass is 35.5. The average molecular weight is 588 g/mol. The van der Waals surface area contributed by atoms with E-state index in [1.165, 1.54) is 0 Å². The minimum absolute atomic E-state index is 0.0937. The second kappa shape index (κ2) is 12.8. The third-order valence-electron chi connectivity index (χ3n) is 6.43. The predicted octanol–water partition coefficient (Wildman–Crippen LogP) is 5.23. The van der Waals surface area contributed by atoms with Crippen LogP contribution in [0.5, 0.6) is 0 Å². The molecule has 1 aliphatic rings. The van der Waals surface area contributed by atoms with Gasteiger partial charge in [0.05, 0.1) is 0 Å².